The smallest absolute Gasteiger partial charge is 0.262 e. The molecule has 152 valence electrons. The highest BCUT2D eigenvalue weighted by Gasteiger charge is 2.19. The second kappa shape index (κ2) is 9.74. The molecule has 2 aromatic carbocycles. The third-order valence-electron chi connectivity index (χ3n) is 5.13. The Morgan fingerprint density at radius 1 is 1.07 bits per heavy atom. The molecule has 0 saturated carbocycles. The minimum Gasteiger partial charge on any atom is -0.353 e. The van der Waals surface area contributed by atoms with E-state index in [2.05, 4.69) is 19.2 Å². The highest BCUT2D eigenvalue weighted by Crippen LogP contribution is 2.24. The van der Waals surface area contributed by atoms with Crippen LogP contribution >= 0.6 is 11.8 Å². The third-order valence-corrected chi connectivity index (χ3v) is 6.08. The lowest BCUT2D eigenvalue weighted by atomic mass is 10.1. The van der Waals surface area contributed by atoms with Gasteiger partial charge in [0.05, 0.1) is 22.7 Å². The molecule has 1 amide bonds. The topological polar surface area (TPSA) is 64.0 Å². The van der Waals surface area contributed by atoms with E-state index in [0.29, 0.717) is 16.1 Å². The fraction of sp³-hybridized carbons (Fsp3) is 0.348. The standard InChI is InChI=1S/C23H27N3O2S/c1-4-18(5-2)24-21(27)15-29-23-25-20-14-10-9-13-19(20)22(28)26(23)16(3)17-11-7-6-8-12-17/h6-14,16,18H,4-5,15H2,1-3H3,(H,24,27)/t16-/m1/s1. The van der Waals surface area contributed by atoms with E-state index < -0.39 is 0 Å². The van der Waals surface area contributed by atoms with Crippen molar-refractivity contribution < 1.29 is 4.79 Å². The van der Waals surface area contributed by atoms with Crippen LogP contribution in [0.15, 0.2) is 64.5 Å². The van der Waals surface area contributed by atoms with Gasteiger partial charge in [-0.15, -0.1) is 0 Å². The summed E-state index contributed by atoms with van der Waals surface area (Å²) in [4.78, 5) is 30.4. The maximum absolute atomic E-state index is 13.3. The molecule has 0 spiro atoms. The van der Waals surface area contributed by atoms with Gasteiger partial charge in [-0.1, -0.05) is 68.1 Å². The summed E-state index contributed by atoms with van der Waals surface area (Å²) in [5.41, 5.74) is 1.58. The van der Waals surface area contributed by atoms with E-state index in [4.69, 9.17) is 4.98 Å². The van der Waals surface area contributed by atoms with E-state index in [9.17, 15) is 9.59 Å². The van der Waals surface area contributed by atoms with Crippen LogP contribution in [0.2, 0.25) is 0 Å². The molecule has 0 radical (unpaired) electrons. The number of nitrogens with one attached hydrogen (secondary N) is 1. The first kappa shape index (κ1) is 21.1. The summed E-state index contributed by atoms with van der Waals surface area (Å²) in [6, 6.07) is 17.2. The summed E-state index contributed by atoms with van der Waals surface area (Å²) in [5, 5.41) is 4.19. The SMILES string of the molecule is CCC(CC)NC(=O)CSc1nc2ccccc2c(=O)n1[C@H](C)c1ccccc1. The first-order valence-corrected chi connectivity index (χ1v) is 11.0. The van der Waals surface area contributed by atoms with Crippen molar-refractivity contribution in [3.63, 3.8) is 0 Å². The molecule has 0 fully saturated rings. The number of hydrogen-bond acceptors (Lipinski definition) is 4. The molecule has 29 heavy (non-hydrogen) atoms. The highest BCUT2D eigenvalue weighted by atomic mass is 32.2. The Balaban J connectivity index is 1.97. The maximum atomic E-state index is 13.3. The van der Waals surface area contributed by atoms with Crippen LogP contribution in [-0.4, -0.2) is 27.3 Å². The predicted octanol–water partition coefficient (Wildman–Crippen LogP) is 4.40. The van der Waals surface area contributed by atoms with Crippen molar-refractivity contribution >= 4 is 28.6 Å². The first-order valence-electron chi connectivity index (χ1n) is 10.0. The van der Waals surface area contributed by atoms with Gasteiger partial charge in [0.2, 0.25) is 5.91 Å². The van der Waals surface area contributed by atoms with Gasteiger partial charge in [-0.25, -0.2) is 4.98 Å². The largest absolute Gasteiger partial charge is 0.353 e. The number of nitrogens with zero attached hydrogens (tertiary/aromatic N) is 2. The van der Waals surface area contributed by atoms with Gasteiger partial charge in [0.25, 0.3) is 5.56 Å². The molecule has 0 bridgehead atoms. The summed E-state index contributed by atoms with van der Waals surface area (Å²) >= 11 is 1.31. The Morgan fingerprint density at radius 3 is 2.41 bits per heavy atom. The maximum Gasteiger partial charge on any atom is 0.262 e. The number of hydrogen-bond donors (Lipinski definition) is 1. The van der Waals surface area contributed by atoms with E-state index in [1.165, 1.54) is 11.8 Å². The minimum atomic E-state index is -0.189. The van der Waals surface area contributed by atoms with Gasteiger partial charge < -0.3 is 5.32 Å². The zero-order valence-electron chi connectivity index (χ0n) is 17.1. The quantitative estimate of drug-likeness (QED) is 0.442. The minimum absolute atomic E-state index is 0.0370. The predicted molar refractivity (Wildman–Crippen MR) is 119 cm³/mol. The normalized spacial score (nSPS) is 12.3. The van der Waals surface area contributed by atoms with Crippen molar-refractivity contribution in [3.8, 4) is 0 Å². The number of carbonyl (C=O) groups is 1. The van der Waals surface area contributed by atoms with Gasteiger partial charge in [0.1, 0.15) is 0 Å². The lowest BCUT2D eigenvalue weighted by Crippen LogP contribution is -2.35. The number of carbonyl (C=O) groups excluding carboxylic acids is 1. The number of fused-ring (bicyclic) bond motifs is 1. The Hall–Kier alpha value is -2.60. The molecule has 1 N–H and O–H groups in total. The molecule has 0 unspecified atom stereocenters. The van der Waals surface area contributed by atoms with Gasteiger partial charge in [-0.2, -0.15) is 0 Å². The molecule has 0 aliphatic heterocycles. The second-order valence-corrected chi connectivity index (χ2v) is 7.99. The van der Waals surface area contributed by atoms with Gasteiger partial charge >= 0.3 is 0 Å². The summed E-state index contributed by atoms with van der Waals surface area (Å²) < 4.78 is 1.70. The molecule has 0 saturated heterocycles. The molecule has 5 nitrogen and oxygen atoms in total. The molecule has 3 rings (SSSR count). The van der Waals surface area contributed by atoms with Crippen molar-refractivity contribution in [3.05, 3.63) is 70.5 Å². The molecule has 1 atom stereocenters. The average Bonchev–Trinajstić information content (AvgIpc) is 2.76. The molecule has 6 heteroatoms. The van der Waals surface area contributed by atoms with Crippen molar-refractivity contribution in [2.45, 2.75) is 50.9 Å². The number of para-hydroxylation sites is 1. The zero-order chi connectivity index (χ0) is 20.8. The number of rotatable bonds is 8. The Bertz CT molecular complexity index is 1030. The molecule has 1 aromatic heterocycles. The van der Waals surface area contributed by atoms with Crippen LogP contribution in [-0.2, 0) is 4.79 Å². The van der Waals surface area contributed by atoms with Crippen LogP contribution < -0.4 is 10.9 Å². The van der Waals surface area contributed by atoms with Crippen molar-refractivity contribution in [2.24, 2.45) is 0 Å². The Kier molecular flexibility index (Phi) is 7.09. The molecule has 0 aliphatic rings. The van der Waals surface area contributed by atoms with E-state index in [1.807, 2.05) is 55.5 Å². The second-order valence-electron chi connectivity index (χ2n) is 7.04. The van der Waals surface area contributed by atoms with Crippen LogP contribution in [0.4, 0.5) is 0 Å². The molecular formula is C23H27N3O2S. The average molecular weight is 410 g/mol. The van der Waals surface area contributed by atoms with Crippen molar-refractivity contribution in [2.75, 3.05) is 5.75 Å². The summed E-state index contributed by atoms with van der Waals surface area (Å²) in [7, 11) is 0. The fourth-order valence-electron chi connectivity index (χ4n) is 3.34. The van der Waals surface area contributed by atoms with E-state index in [1.54, 1.807) is 10.6 Å². The van der Waals surface area contributed by atoms with Crippen LogP contribution in [0.3, 0.4) is 0 Å². The number of amides is 1. The first-order chi connectivity index (χ1) is 14.0. The van der Waals surface area contributed by atoms with Crippen molar-refractivity contribution in [1.29, 1.82) is 0 Å². The molecule has 0 aliphatic carbocycles. The van der Waals surface area contributed by atoms with Crippen LogP contribution in [0.25, 0.3) is 10.9 Å². The zero-order valence-corrected chi connectivity index (χ0v) is 17.9. The number of thioether (sulfide) groups is 1. The third kappa shape index (κ3) is 4.88. The summed E-state index contributed by atoms with van der Waals surface area (Å²) in [6.45, 7) is 6.11. The van der Waals surface area contributed by atoms with Crippen molar-refractivity contribution in [1.82, 2.24) is 14.9 Å². The van der Waals surface area contributed by atoms with Gasteiger partial charge in [-0.3, -0.25) is 14.2 Å². The monoisotopic (exact) mass is 409 g/mol. The Labute approximate surface area is 175 Å². The van der Waals surface area contributed by atoms with E-state index in [-0.39, 0.29) is 29.3 Å². The lowest BCUT2D eigenvalue weighted by Gasteiger charge is -2.20. The summed E-state index contributed by atoms with van der Waals surface area (Å²) in [6.07, 6.45) is 1.80. The molecule has 1 heterocycles. The van der Waals surface area contributed by atoms with Crippen LogP contribution in [0.5, 0.6) is 0 Å². The van der Waals surface area contributed by atoms with Crippen LogP contribution in [0, 0.1) is 0 Å². The van der Waals surface area contributed by atoms with Gasteiger partial charge in [0.15, 0.2) is 5.16 Å². The van der Waals surface area contributed by atoms with Crippen LogP contribution in [0.1, 0.15) is 45.2 Å². The van der Waals surface area contributed by atoms with E-state index >= 15 is 0 Å². The fourth-order valence-corrected chi connectivity index (χ4v) is 4.23. The molecular weight excluding hydrogens is 382 g/mol. The van der Waals surface area contributed by atoms with Gasteiger partial charge in [-0.05, 0) is 37.5 Å². The Morgan fingerprint density at radius 2 is 1.72 bits per heavy atom. The van der Waals surface area contributed by atoms with Gasteiger partial charge in [0, 0.05) is 6.04 Å². The lowest BCUT2D eigenvalue weighted by molar-refractivity contribution is -0.119. The van der Waals surface area contributed by atoms with E-state index in [0.717, 1.165) is 18.4 Å². The highest BCUT2D eigenvalue weighted by molar-refractivity contribution is 7.99. The molecule has 3 aromatic rings. The number of aromatic nitrogens is 2. The summed E-state index contributed by atoms with van der Waals surface area (Å²) in [5.74, 6) is 0.188. The number of benzene rings is 2.